The summed E-state index contributed by atoms with van der Waals surface area (Å²) in [5.74, 6) is 0. The van der Waals surface area contributed by atoms with Gasteiger partial charge in [0, 0.05) is 24.7 Å². The highest BCUT2D eigenvalue weighted by Crippen LogP contribution is 2.20. The first-order valence-corrected chi connectivity index (χ1v) is 6.63. The van der Waals surface area contributed by atoms with Crippen molar-refractivity contribution in [1.29, 1.82) is 5.26 Å². The van der Waals surface area contributed by atoms with Crippen molar-refractivity contribution in [3.05, 3.63) is 34.3 Å². The van der Waals surface area contributed by atoms with E-state index in [1.807, 2.05) is 12.1 Å². The zero-order valence-electron chi connectivity index (χ0n) is 10.5. The van der Waals surface area contributed by atoms with Crippen LogP contribution in [-0.4, -0.2) is 30.7 Å². The van der Waals surface area contributed by atoms with Gasteiger partial charge in [0.05, 0.1) is 24.3 Å². The highest BCUT2D eigenvalue weighted by molar-refractivity contribution is 6.31. The van der Waals surface area contributed by atoms with Crippen molar-refractivity contribution in [2.45, 2.75) is 26.0 Å². The molecule has 0 aliphatic carbocycles. The Kier molecular flexibility index (Phi) is 4.60. The van der Waals surface area contributed by atoms with Crippen LogP contribution in [0, 0.1) is 11.3 Å². The normalized spacial score (nSPS) is 20.6. The third-order valence-electron chi connectivity index (χ3n) is 3.25. The first-order valence-electron chi connectivity index (χ1n) is 6.25. The molecule has 4 heteroatoms. The molecule has 2 rings (SSSR count). The van der Waals surface area contributed by atoms with Crippen molar-refractivity contribution >= 4 is 11.6 Å². The molecule has 0 saturated carbocycles. The molecule has 1 fully saturated rings. The van der Waals surface area contributed by atoms with Gasteiger partial charge in [0.1, 0.15) is 0 Å². The van der Waals surface area contributed by atoms with Crippen molar-refractivity contribution in [3.63, 3.8) is 0 Å². The lowest BCUT2D eigenvalue weighted by Crippen LogP contribution is -2.41. The fraction of sp³-hybridized carbons (Fsp3) is 0.500. The van der Waals surface area contributed by atoms with E-state index >= 15 is 0 Å². The maximum absolute atomic E-state index is 8.81. The van der Waals surface area contributed by atoms with Gasteiger partial charge in [0.25, 0.3) is 0 Å². The third kappa shape index (κ3) is 3.23. The summed E-state index contributed by atoms with van der Waals surface area (Å²) in [6.07, 6.45) is 1.37. The highest BCUT2D eigenvalue weighted by Gasteiger charge is 2.19. The summed E-state index contributed by atoms with van der Waals surface area (Å²) >= 11 is 6.19. The molecule has 0 radical (unpaired) electrons. The van der Waals surface area contributed by atoms with Gasteiger partial charge in [-0.15, -0.1) is 0 Å². The number of nitrogens with zero attached hydrogens (tertiary/aromatic N) is 2. The molecule has 96 valence electrons. The Morgan fingerprint density at radius 2 is 2.39 bits per heavy atom. The van der Waals surface area contributed by atoms with Crippen LogP contribution in [0.25, 0.3) is 0 Å². The van der Waals surface area contributed by atoms with Gasteiger partial charge in [0.15, 0.2) is 0 Å². The second kappa shape index (κ2) is 6.19. The van der Waals surface area contributed by atoms with Crippen LogP contribution in [0.5, 0.6) is 0 Å². The summed E-state index contributed by atoms with van der Waals surface area (Å²) in [7, 11) is 0. The quantitative estimate of drug-likeness (QED) is 0.842. The Balaban J connectivity index is 2.03. The molecule has 1 unspecified atom stereocenters. The minimum atomic E-state index is 0.330. The van der Waals surface area contributed by atoms with Crippen LogP contribution in [0.3, 0.4) is 0 Å². The molecule has 18 heavy (non-hydrogen) atoms. The van der Waals surface area contributed by atoms with Crippen LogP contribution in [0.2, 0.25) is 5.02 Å². The summed E-state index contributed by atoms with van der Waals surface area (Å²) in [4.78, 5) is 2.35. The van der Waals surface area contributed by atoms with Crippen molar-refractivity contribution < 1.29 is 4.74 Å². The molecule has 0 bridgehead atoms. The van der Waals surface area contributed by atoms with Gasteiger partial charge in [0.2, 0.25) is 0 Å². The van der Waals surface area contributed by atoms with E-state index in [0.717, 1.165) is 38.2 Å². The number of hydrogen-bond donors (Lipinski definition) is 0. The lowest BCUT2D eigenvalue weighted by atomic mass is 10.1. The minimum absolute atomic E-state index is 0.330. The second-order valence-electron chi connectivity index (χ2n) is 4.55. The van der Waals surface area contributed by atoms with E-state index in [1.54, 1.807) is 6.07 Å². The van der Waals surface area contributed by atoms with E-state index < -0.39 is 0 Å². The van der Waals surface area contributed by atoms with Crippen molar-refractivity contribution in [2.75, 3.05) is 19.7 Å². The lowest BCUT2D eigenvalue weighted by Gasteiger charge is -2.32. The fourth-order valence-corrected chi connectivity index (χ4v) is 2.40. The van der Waals surface area contributed by atoms with E-state index in [9.17, 15) is 0 Å². The Morgan fingerprint density at radius 3 is 3.06 bits per heavy atom. The smallest absolute Gasteiger partial charge is 0.0992 e. The predicted molar refractivity (Wildman–Crippen MR) is 71.5 cm³/mol. The monoisotopic (exact) mass is 264 g/mol. The van der Waals surface area contributed by atoms with E-state index in [0.29, 0.717) is 16.7 Å². The summed E-state index contributed by atoms with van der Waals surface area (Å²) in [6, 6.07) is 7.59. The molecule has 3 nitrogen and oxygen atoms in total. The van der Waals surface area contributed by atoms with Gasteiger partial charge < -0.3 is 4.74 Å². The zero-order chi connectivity index (χ0) is 13.0. The first kappa shape index (κ1) is 13.4. The molecule has 0 N–H and O–H groups in total. The number of ether oxygens (including phenoxy) is 1. The average molecular weight is 265 g/mol. The molecule has 0 amide bonds. The molecule has 0 aromatic heterocycles. The van der Waals surface area contributed by atoms with Crippen LogP contribution in [0.15, 0.2) is 18.2 Å². The van der Waals surface area contributed by atoms with E-state index in [2.05, 4.69) is 17.9 Å². The first-order chi connectivity index (χ1) is 8.72. The standard InChI is InChI=1S/C14H17ClN2O/c1-2-13-10-17(5-6-18-13)9-12-4-3-11(8-16)7-14(12)15/h3-4,7,13H,2,5-6,9-10H2,1H3. The topological polar surface area (TPSA) is 36.3 Å². The van der Waals surface area contributed by atoms with E-state index in [4.69, 9.17) is 21.6 Å². The molecular weight excluding hydrogens is 248 g/mol. The Hall–Kier alpha value is -1.08. The molecule has 1 atom stereocenters. The largest absolute Gasteiger partial charge is 0.376 e. The number of morpholine rings is 1. The van der Waals surface area contributed by atoms with E-state index in [1.165, 1.54) is 0 Å². The third-order valence-corrected chi connectivity index (χ3v) is 3.61. The average Bonchev–Trinajstić information content (AvgIpc) is 2.41. The molecule has 1 aromatic rings. The number of rotatable bonds is 3. The van der Waals surface area contributed by atoms with Gasteiger partial charge in [-0.25, -0.2) is 0 Å². The fourth-order valence-electron chi connectivity index (χ4n) is 2.16. The maximum atomic E-state index is 8.81. The van der Waals surface area contributed by atoms with Crippen LogP contribution in [-0.2, 0) is 11.3 Å². The van der Waals surface area contributed by atoms with Gasteiger partial charge in [-0.3, -0.25) is 4.90 Å². The number of benzene rings is 1. The lowest BCUT2D eigenvalue weighted by molar-refractivity contribution is -0.0324. The van der Waals surface area contributed by atoms with Crippen molar-refractivity contribution in [2.24, 2.45) is 0 Å². The molecule has 1 aromatic carbocycles. The van der Waals surface area contributed by atoms with Gasteiger partial charge in [-0.1, -0.05) is 24.6 Å². The molecular formula is C14H17ClN2O. The number of hydrogen-bond acceptors (Lipinski definition) is 3. The zero-order valence-corrected chi connectivity index (χ0v) is 11.3. The predicted octanol–water partition coefficient (Wildman–Crippen LogP) is 2.82. The molecule has 1 heterocycles. The molecule has 0 spiro atoms. The van der Waals surface area contributed by atoms with Crippen molar-refractivity contribution in [1.82, 2.24) is 4.90 Å². The van der Waals surface area contributed by atoms with E-state index in [-0.39, 0.29) is 0 Å². The summed E-state index contributed by atoms with van der Waals surface area (Å²) < 4.78 is 5.64. The second-order valence-corrected chi connectivity index (χ2v) is 4.96. The Bertz CT molecular complexity index is 456. The van der Waals surface area contributed by atoms with Crippen LogP contribution in [0.1, 0.15) is 24.5 Å². The molecule has 1 aliphatic heterocycles. The van der Waals surface area contributed by atoms with Crippen LogP contribution in [0.4, 0.5) is 0 Å². The Labute approximate surface area is 113 Å². The van der Waals surface area contributed by atoms with Gasteiger partial charge >= 0.3 is 0 Å². The van der Waals surface area contributed by atoms with Gasteiger partial charge in [-0.05, 0) is 24.1 Å². The number of halogens is 1. The SMILES string of the molecule is CCC1CN(Cc2ccc(C#N)cc2Cl)CCO1. The van der Waals surface area contributed by atoms with Crippen LogP contribution >= 0.6 is 11.6 Å². The maximum Gasteiger partial charge on any atom is 0.0992 e. The van der Waals surface area contributed by atoms with Crippen LogP contribution < -0.4 is 0 Å². The number of nitriles is 1. The minimum Gasteiger partial charge on any atom is -0.376 e. The molecule has 1 saturated heterocycles. The summed E-state index contributed by atoms with van der Waals surface area (Å²) in [5, 5.41) is 9.48. The highest BCUT2D eigenvalue weighted by atomic mass is 35.5. The molecule has 1 aliphatic rings. The van der Waals surface area contributed by atoms with Gasteiger partial charge in [-0.2, -0.15) is 5.26 Å². The summed E-state index contributed by atoms with van der Waals surface area (Å²) in [6.45, 7) is 5.64. The van der Waals surface area contributed by atoms with Crippen molar-refractivity contribution in [3.8, 4) is 6.07 Å². The Morgan fingerprint density at radius 1 is 1.56 bits per heavy atom. The summed E-state index contributed by atoms with van der Waals surface area (Å²) in [5.41, 5.74) is 1.68.